The fourth-order valence-corrected chi connectivity index (χ4v) is 2.37. The van der Waals surface area contributed by atoms with E-state index in [1.165, 1.54) is 19.3 Å². The lowest BCUT2D eigenvalue weighted by Crippen LogP contribution is -2.33. The standard InChI is InChI=1S/C12H22N4/c1-2-7-16-8-6-14-12(16)11(15-13)9-10-4-3-5-10/h6,8,10-11,15H,2-5,7,9,13H2,1H3. The summed E-state index contributed by atoms with van der Waals surface area (Å²) in [5.74, 6) is 7.59. The van der Waals surface area contributed by atoms with Gasteiger partial charge in [-0.3, -0.25) is 5.84 Å². The number of hydrogen-bond acceptors (Lipinski definition) is 3. The van der Waals surface area contributed by atoms with Gasteiger partial charge in [-0.15, -0.1) is 0 Å². The molecule has 1 aliphatic rings. The molecule has 0 radical (unpaired) electrons. The van der Waals surface area contributed by atoms with Crippen LogP contribution in [0, 0.1) is 5.92 Å². The lowest BCUT2D eigenvalue weighted by atomic mass is 9.81. The van der Waals surface area contributed by atoms with E-state index in [1.54, 1.807) is 0 Å². The molecular formula is C12H22N4. The van der Waals surface area contributed by atoms with Crippen molar-refractivity contribution in [2.45, 2.75) is 51.6 Å². The minimum Gasteiger partial charge on any atom is -0.334 e. The summed E-state index contributed by atoms with van der Waals surface area (Å²) in [5.41, 5.74) is 2.92. The maximum absolute atomic E-state index is 5.65. The van der Waals surface area contributed by atoms with Crippen molar-refractivity contribution < 1.29 is 0 Å². The van der Waals surface area contributed by atoms with Crippen LogP contribution in [0.5, 0.6) is 0 Å². The number of aromatic nitrogens is 2. The number of aryl methyl sites for hydroxylation is 1. The quantitative estimate of drug-likeness (QED) is 0.571. The van der Waals surface area contributed by atoms with E-state index in [-0.39, 0.29) is 6.04 Å². The van der Waals surface area contributed by atoms with Gasteiger partial charge in [0.1, 0.15) is 5.82 Å². The summed E-state index contributed by atoms with van der Waals surface area (Å²) in [6, 6.07) is 0.215. The monoisotopic (exact) mass is 222 g/mol. The molecule has 3 N–H and O–H groups in total. The average Bonchev–Trinajstić information content (AvgIpc) is 2.66. The van der Waals surface area contributed by atoms with E-state index in [0.717, 1.165) is 31.1 Å². The number of nitrogens with zero attached hydrogens (tertiary/aromatic N) is 2. The van der Waals surface area contributed by atoms with Crippen molar-refractivity contribution in [3.8, 4) is 0 Å². The van der Waals surface area contributed by atoms with E-state index in [4.69, 9.17) is 5.84 Å². The molecule has 1 heterocycles. The topological polar surface area (TPSA) is 55.9 Å². The van der Waals surface area contributed by atoms with Gasteiger partial charge >= 0.3 is 0 Å². The summed E-state index contributed by atoms with van der Waals surface area (Å²) in [6.07, 6.45) is 10.3. The van der Waals surface area contributed by atoms with Gasteiger partial charge in [-0.05, 0) is 18.8 Å². The molecule has 4 heteroatoms. The molecule has 0 bridgehead atoms. The van der Waals surface area contributed by atoms with Crippen LogP contribution in [0.25, 0.3) is 0 Å². The molecule has 0 saturated heterocycles. The third kappa shape index (κ3) is 2.44. The van der Waals surface area contributed by atoms with E-state index >= 15 is 0 Å². The van der Waals surface area contributed by atoms with Gasteiger partial charge in [0.25, 0.3) is 0 Å². The molecule has 1 aliphatic carbocycles. The maximum atomic E-state index is 5.65. The third-order valence-electron chi connectivity index (χ3n) is 3.52. The Morgan fingerprint density at radius 3 is 3.00 bits per heavy atom. The number of hydrogen-bond donors (Lipinski definition) is 2. The second kappa shape index (κ2) is 5.46. The Hall–Kier alpha value is -0.870. The Kier molecular flexibility index (Phi) is 3.96. The fraction of sp³-hybridized carbons (Fsp3) is 0.750. The molecule has 1 aromatic rings. The average molecular weight is 222 g/mol. The molecule has 1 atom stereocenters. The van der Waals surface area contributed by atoms with Crippen molar-refractivity contribution in [3.63, 3.8) is 0 Å². The van der Waals surface area contributed by atoms with Crippen molar-refractivity contribution in [2.75, 3.05) is 0 Å². The predicted octanol–water partition coefficient (Wildman–Crippen LogP) is 1.99. The summed E-state index contributed by atoms with van der Waals surface area (Å²) in [4.78, 5) is 4.44. The smallest absolute Gasteiger partial charge is 0.127 e. The van der Waals surface area contributed by atoms with Gasteiger partial charge in [0.15, 0.2) is 0 Å². The van der Waals surface area contributed by atoms with Gasteiger partial charge in [0, 0.05) is 18.9 Å². The Morgan fingerprint density at radius 2 is 2.44 bits per heavy atom. The minimum atomic E-state index is 0.215. The van der Waals surface area contributed by atoms with Crippen LogP contribution in [0.2, 0.25) is 0 Å². The van der Waals surface area contributed by atoms with Gasteiger partial charge in [0.05, 0.1) is 6.04 Å². The Balaban J connectivity index is 2.02. The molecule has 1 unspecified atom stereocenters. The minimum absolute atomic E-state index is 0.215. The maximum Gasteiger partial charge on any atom is 0.127 e. The molecule has 1 saturated carbocycles. The van der Waals surface area contributed by atoms with Crippen molar-refractivity contribution in [1.82, 2.24) is 15.0 Å². The molecule has 16 heavy (non-hydrogen) atoms. The molecule has 0 spiro atoms. The fourth-order valence-electron chi connectivity index (χ4n) is 2.37. The zero-order valence-electron chi connectivity index (χ0n) is 10.0. The normalized spacial score (nSPS) is 18.4. The highest BCUT2D eigenvalue weighted by Crippen LogP contribution is 2.34. The van der Waals surface area contributed by atoms with E-state index in [1.807, 2.05) is 12.4 Å². The highest BCUT2D eigenvalue weighted by atomic mass is 15.3. The number of rotatable bonds is 6. The molecule has 1 fully saturated rings. The van der Waals surface area contributed by atoms with E-state index in [2.05, 4.69) is 21.9 Å². The first-order valence-corrected chi connectivity index (χ1v) is 6.32. The Labute approximate surface area is 97.2 Å². The molecule has 0 amide bonds. The highest BCUT2D eigenvalue weighted by molar-refractivity contribution is 5.00. The first-order valence-electron chi connectivity index (χ1n) is 6.32. The second-order valence-corrected chi connectivity index (χ2v) is 4.73. The van der Waals surface area contributed by atoms with Crippen LogP contribution in [0.15, 0.2) is 12.4 Å². The lowest BCUT2D eigenvalue weighted by Gasteiger charge is -2.29. The van der Waals surface area contributed by atoms with Crippen LogP contribution in [0.4, 0.5) is 0 Å². The summed E-state index contributed by atoms with van der Waals surface area (Å²) < 4.78 is 2.21. The Bertz CT molecular complexity index is 317. The van der Waals surface area contributed by atoms with Crippen LogP contribution in [0.1, 0.15) is 50.9 Å². The number of nitrogens with one attached hydrogen (secondary N) is 1. The van der Waals surface area contributed by atoms with E-state index < -0.39 is 0 Å². The van der Waals surface area contributed by atoms with Gasteiger partial charge in [-0.25, -0.2) is 10.4 Å². The van der Waals surface area contributed by atoms with E-state index in [0.29, 0.717) is 0 Å². The van der Waals surface area contributed by atoms with Crippen LogP contribution in [-0.4, -0.2) is 9.55 Å². The van der Waals surface area contributed by atoms with E-state index in [9.17, 15) is 0 Å². The first-order chi connectivity index (χ1) is 7.85. The molecule has 4 nitrogen and oxygen atoms in total. The number of hydrazine groups is 1. The molecule has 2 rings (SSSR count). The van der Waals surface area contributed by atoms with Gasteiger partial charge in [-0.1, -0.05) is 26.2 Å². The molecular weight excluding hydrogens is 200 g/mol. The zero-order chi connectivity index (χ0) is 11.4. The SMILES string of the molecule is CCCn1ccnc1C(CC1CCC1)NN. The van der Waals surface area contributed by atoms with Crippen LogP contribution in [0.3, 0.4) is 0 Å². The van der Waals surface area contributed by atoms with Crippen molar-refractivity contribution in [3.05, 3.63) is 18.2 Å². The summed E-state index contributed by atoms with van der Waals surface area (Å²) in [6.45, 7) is 3.21. The third-order valence-corrected chi connectivity index (χ3v) is 3.52. The first kappa shape index (κ1) is 11.6. The lowest BCUT2D eigenvalue weighted by molar-refractivity contribution is 0.255. The summed E-state index contributed by atoms with van der Waals surface area (Å²) >= 11 is 0. The molecule has 1 aromatic heterocycles. The molecule has 0 aromatic carbocycles. The van der Waals surface area contributed by atoms with Crippen molar-refractivity contribution in [1.29, 1.82) is 0 Å². The second-order valence-electron chi connectivity index (χ2n) is 4.73. The summed E-state index contributed by atoms with van der Waals surface area (Å²) in [5, 5.41) is 0. The van der Waals surface area contributed by atoms with Crippen molar-refractivity contribution >= 4 is 0 Å². The van der Waals surface area contributed by atoms with Gasteiger partial charge in [-0.2, -0.15) is 0 Å². The molecule has 0 aliphatic heterocycles. The van der Waals surface area contributed by atoms with Gasteiger partial charge < -0.3 is 4.57 Å². The Morgan fingerprint density at radius 1 is 1.62 bits per heavy atom. The summed E-state index contributed by atoms with van der Waals surface area (Å²) in [7, 11) is 0. The number of imidazole rings is 1. The molecule has 90 valence electrons. The zero-order valence-corrected chi connectivity index (χ0v) is 10.0. The van der Waals surface area contributed by atoms with Crippen molar-refractivity contribution in [2.24, 2.45) is 11.8 Å². The number of nitrogens with two attached hydrogens (primary N) is 1. The van der Waals surface area contributed by atoms with Crippen LogP contribution >= 0.6 is 0 Å². The van der Waals surface area contributed by atoms with Crippen LogP contribution < -0.4 is 11.3 Å². The largest absolute Gasteiger partial charge is 0.334 e. The van der Waals surface area contributed by atoms with Gasteiger partial charge in [0.2, 0.25) is 0 Å². The van der Waals surface area contributed by atoms with Crippen LogP contribution in [-0.2, 0) is 6.54 Å². The highest BCUT2D eigenvalue weighted by Gasteiger charge is 2.24. The predicted molar refractivity (Wildman–Crippen MR) is 64.5 cm³/mol.